The van der Waals surface area contributed by atoms with Crippen LogP contribution in [0.5, 0.6) is 0 Å². The molecule has 2 aliphatic carbocycles. The number of aromatic nitrogens is 2. The average Bonchev–Trinajstić information content (AvgIpc) is 2.96. The van der Waals surface area contributed by atoms with Gasteiger partial charge in [-0.3, -0.25) is 4.79 Å². The van der Waals surface area contributed by atoms with Crippen molar-refractivity contribution in [3.8, 4) is 22.6 Å². The Morgan fingerprint density at radius 3 is 2.32 bits per heavy atom. The highest BCUT2D eigenvalue weighted by molar-refractivity contribution is 5.73. The van der Waals surface area contributed by atoms with Crippen molar-refractivity contribution < 1.29 is 0 Å². The zero-order valence-electron chi connectivity index (χ0n) is 16.0. The van der Waals surface area contributed by atoms with E-state index in [0.29, 0.717) is 5.82 Å². The van der Waals surface area contributed by atoms with E-state index in [1.165, 1.54) is 23.1 Å². The Labute approximate surface area is 165 Å². The average molecular weight is 371 g/mol. The van der Waals surface area contributed by atoms with Crippen LogP contribution >= 0.6 is 0 Å². The number of rotatable bonds is 1. The number of hydrogen-bond acceptors (Lipinski definition) is 3. The molecule has 2 aromatic carbocycles. The molecule has 0 radical (unpaired) electrons. The fourth-order valence-corrected chi connectivity index (χ4v) is 5.19. The summed E-state index contributed by atoms with van der Waals surface area (Å²) in [5, 5.41) is 0. The molecular weight excluding hydrogens is 346 g/mol. The number of nitrogens with two attached hydrogens (primary N) is 1. The van der Waals surface area contributed by atoms with Crippen molar-refractivity contribution in [2.45, 2.75) is 50.4 Å². The van der Waals surface area contributed by atoms with Crippen molar-refractivity contribution in [2.24, 2.45) is 0 Å². The molecule has 4 nitrogen and oxygen atoms in total. The van der Waals surface area contributed by atoms with Gasteiger partial charge in [-0.05, 0) is 24.8 Å². The summed E-state index contributed by atoms with van der Waals surface area (Å²) in [6, 6.07) is 18.2. The van der Waals surface area contributed by atoms with Crippen molar-refractivity contribution in [2.75, 3.05) is 5.84 Å². The largest absolute Gasteiger partial charge is 0.334 e. The highest BCUT2D eigenvalue weighted by Crippen LogP contribution is 2.48. The summed E-state index contributed by atoms with van der Waals surface area (Å²) >= 11 is 0. The Kier molecular flexibility index (Phi) is 4.08. The van der Waals surface area contributed by atoms with Gasteiger partial charge in [-0.2, -0.15) is 0 Å². The fourth-order valence-electron chi connectivity index (χ4n) is 5.19. The topological polar surface area (TPSA) is 60.9 Å². The molecule has 0 amide bonds. The second-order valence-electron chi connectivity index (χ2n) is 8.23. The van der Waals surface area contributed by atoms with E-state index in [2.05, 4.69) is 18.2 Å². The van der Waals surface area contributed by atoms with Gasteiger partial charge >= 0.3 is 0 Å². The number of nitrogen functional groups attached to an aromatic ring is 1. The van der Waals surface area contributed by atoms with Crippen LogP contribution in [0.25, 0.3) is 22.6 Å². The summed E-state index contributed by atoms with van der Waals surface area (Å²) in [6.45, 7) is 0. The number of nitrogens with zero attached hydrogens (tertiary/aromatic N) is 2. The van der Waals surface area contributed by atoms with Gasteiger partial charge in [0.15, 0.2) is 5.82 Å². The maximum absolute atomic E-state index is 13.6. The second kappa shape index (κ2) is 6.62. The van der Waals surface area contributed by atoms with Crippen molar-refractivity contribution >= 4 is 0 Å². The highest BCUT2D eigenvalue weighted by Gasteiger charge is 2.42. The smallest absolute Gasteiger partial charge is 0.276 e. The van der Waals surface area contributed by atoms with Gasteiger partial charge in [-0.25, -0.2) is 9.66 Å². The van der Waals surface area contributed by atoms with Crippen molar-refractivity contribution in [1.29, 1.82) is 0 Å². The minimum Gasteiger partial charge on any atom is -0.334 e. The normalized spacial score (nSPS) is 17.6. The van der Waals surface area contributed by atoms with Gasteiger partial charge in [0.05, 0.1) is 11.3 Å². The zero-order valence-corrected chi connectivity index (χ0v) is 16.0. The van der Waals surface area contributed by atoms with Gasteiger partial charge in [0.1, 0.15) is 0 Å². The number of benzene rings is 2. The molecule has 0 saturated heterocycles. The summed E-state index contributed by atoms with van der Waals surface area (Å²) in [5.41, 5.74) is 4.72. The third kappa shape index (κ3) is 2.59. The monoisotopic (exact) mass is 371 g/mol. The molecule has 1 saturated carbocycles. The van der Waals surface area contributed by atoms with E-state index in [0.717, 1.165) is 54.5 Å². The van der Waals surface area contributed by atoms with Crippen LogP contribution < -0.4 is 11.4 Å². The molecule has 0 bridgehead atoms. The summed E-state index contributed by atoms with van der Waals surface area (Å²) in [4.78, 5) is 18.6. The van der Waals surface area contributed by atoms with E-state index in [4.69, 9.17) is 10.8 Å². The van der Waals surface area contributed by atoms with Gasteiger partial charge in [-0.15, -0.1) is 0 Å². The third-order valence-corrected chi connectivity index (χ3v) is 6.54. The first-order chi connectivity index (χ1) is 13.7. The minimum absolute atomic E-state index is 0.0831. The van der Waals surface area contributed by atoms with E-state index in [9.17, 15) is 4.79 Å². The predicted octanol–water partition coefficient (Wildman–Crippen LogP) is 4.44. The molecule has 1 aromatic heterocycles. The van der Waals surface area contributed by atoms with Gasteiger partial charge in [0.25, 0.3) is 5.56 Å². The van der Waals surface area contributed by atoms with Crippen LogP contribution in [0.2, 0.25) is 0 Å². The number of hydrogen-bond donors (Lipinski definition) is 1. The zero-order chi connectivity index (χ0) is 19.1. The van der Waals surface area contributed by atoms with Crippen LogP contribution in [-0.2, 0) is 11.8 Å². The van der Waals surface area contributed by atoms with E-state index in [-0.39, 0.29) is 11.0 Å². The van der Waals surface area contributed by atoms with Gasteiger partial charge in [0.2, 0.25) is 0 Å². The van der Waals surface area contributed by atoms with Crippen LogP contribution in [0.1, 0.15) is 49.7 Å². The number of fused-ring (bicyclic) bond motifs is 4. The summed E-state index contributed by atoms with van der Waals surface area (Å²) in [6.07, 6.45) is 7.79. The Hall–Kier alpha value is -2.88. The first kappa shape index (κ1) is 17.2. The minimum atomic E-state index is -0.138. The first-order valence-corrected chi connectivity index (χ1v) is 10.3. The molecule has 0 aliphatic heterocycles. The quantitative estimate of drug-likeness (QED) is 0.643. The van der Waals surface area contributed by atoms with Gasteiger partial charge in [0, 0.05) is 16.5 Å². The predicted molar refractivity (Wildman–Crippen MR) is 113 cm³/mol. The van der Waals surface area contributed by atoms with E-state index < -0.39 is 0 Å². The molecule has 142 valence electrons. The van der Waals surface area contributed by atoms with E-state index >= 15 is 0 Å². The van der Waals surface area contributed by atoms with Crippen molar-refractivity contribution in [1.82, 2.24) is 9.66 Å². The lowest BCUT2D eigenvalue weighted by Gasteiger charge is -2.38. The first-order valence-electron chi connectivity index (χ1n) is 10.3. The Bertz CT molecular complexity index is 1080. The fraction of sp³-hybridized carbons (Fsp3) is 0.333. The molecule has 0 unspecified atom stereocenters. The van der Waals surface area contributed by atoms with Gasteiger partial charge in [-0.1, -0.05) is 80.3 Å². The summed E-state index contributed by atoms with van der Waals surface area (Å²) < 4.78 is 1.27. The Balaban J connectivity index is 1.82. The third-order valence-electron chi connectivity index (χ3n) is 6.54. The molecule has 1 heterocycles. The maximum atomic E-state index is 13.6. The molecule has 0 atom stereocenters. The standard InChI is InChI=1S/C24H25N3O/c25-27-22(17-10-4-3-5-11-17)26-21-19-13-7-6-12-18(19)16-24(20(21)23(27)28)14-8-1-2-9-15-24/h3-7,10-13H,1-2,8-9,14-16,25H2. The summed E-state index contributed by atoms with van der Waals surface area (Å²) in [5.74, 6) is 6.86. The lowest BCUT2D eigenvalue weighted by atomic mass is 9.65. The Morgan fingerprint density at radius 2 is 1.57 bits per heavy atom. The molecule has 3 aromatic rings. The van der Waals surface area contributed by atoms with E-state index in [1.807, 2.05) is 36.4 Å². The second-order valence-corrected chi connectivity index (χ2v) is 8.23. The molecule has 1 fully saturated rings. The Morgan fingerprint density at radius 1 is 0.893 bits per heavy atom. The van der Waals surface area contributed by atoms with E-state index in [1.54, 1.807) is 0 Å². The molecule has 1 spiro atoms. The molecule has 28 heavy (non-hydrogen) atoms. The van der Waals surface area contributed by atoms with Crippen LogP contribution in [0.15, 0.2) is 59.4 Å². The van der Waals surface area contributed by atoms with Gasteiger partial charge < -0.3 is 5.84 Å². The van der Waals surface area contributed by atoms with Crippen molar-refractivity contribution in [3.63, 3.8) is 0 Å². The highest BCUT2D eigenvalue weighted by atomic mass is 16.1. The molecule has 5 rings (SSSR count). The molecule has 4 heteroatoms. The molecule has 2 aliphatic rings. The van der Waals surface area contributed by atoms with Crippen LogP contribution in [0, 0.1) is 0 Å². The maximum Gasteiger partial charge on any atom is 0.276 e. The molecular formula is C24H25N3O. The lowest BCUT2D eigenvalue weighted by Crippen LogP contribution is -2.43. The van der Waals surface area contributed by atoms with Crippen molar-refractivity contribution in [3.05, 3.63) is 76.1 Å². The molecule has 2 N–H and O–H groups in total. The lowest BCUT2D eigenvalue weighted by molar-refractivity contribution is 0.358. The SMILES string of the molecule is Nn1c(-c2ccccc2)nc2c(c1=O)C1(CCCCCC1)Cc1ccccc1-2. The van der Waals surface area contributed by atoms with Crippen LogP contribution in [0.4, 0.5) is 0 Å². The van der Waals surface area contributed by atoms with Crippen LogP contribution in [0.3, 0.4) is 0 Å². The summed E-state index contributed by atoms with van der Waals surface area (Å²) in [7, 11) is 0. The van der Waals surface area contributed by atoms with Crippen LogP contribution in [-0.4, -0.2) is 9.66 Å².